The number of hydrogen-bond donors (Lipinski definition) is 0. The van der Waals surface area contributed by atoms with E-state index in [0.717, 1.165) is 6.42 Å². The van der Waals surface area contributed by atoms with Gasteiger partial charge in [0.2, 0.25) is 8.32 Å². The van der Waals surface area contributed by atoms with Crippen LogP contribution in [0, 0.1) is 0 Å². The Morgan fingerprint density at radius 3 is 1.76 bits per heavy atom. The molecule has 0 spiro atoms. The molecule has 0 saturated carbocycles. The van der Waals surface area contributed by atoms with Gasteiger partial charge in [-0.3, -0.25) is 0 Å². The van der Waals surface area contributed by atoms with Gasteiger partial charge in [0, 0.05) is 0 Å². The van der Waals surface area contributed by atoms with Crippen LogP contribution in [0.2, 0.25) is 18.1 Å². The molecule has 0 aromatic heterocycles. The Kier molecular flexibility index (Phi) is 15.4. The highest BCUT2D eigenvalue weighted by molar-refractivity contribution is 6.73. The molecule has 0 atom stereocenters. The topological polar surface area (TPSA) is 9.23 Å². The van der Waals surface area contributed by atoms with Crippen molar-refractivity contribution >= 4 is 8.32 Å². The van der Waals surface area contributed by atoms with Gasteiger partial charge in [0.1, 0.15) is 0 Å². The predicted molar refractivity (Wildman–Crippen MR) is 118 cm³/mol. The molecule has 0 bridgehead atoms. The van der Waals surface area contributed by atoms with E-state index >= 15 is 0 Å². The zero-order valence-electron chi connectivity index (χ0n) is 18.1. The molecule has 2 heteroatoms. The van der Waals surface area contributed by atoms with Crippen molar-refractivity contribution in [1.29, 1.82) is 0 Å². The minimum Gasteiger partial charge on any atom is -0.549 e. The van der Waals surface area contributed by atoms with Gasteiger partial charge in [-0.15, -0.1) is 0 Å². The molecule has 0 aromatic rings. The molecule has 148 valence electrons. The fraction of sp³-hybridized carbons (Fsp3) is 0.826. The standard InChI is InChI=1S/C23H46OSi/c1-7-12-14-16-18-22(6)20-23(19-17-15-13-8-2)21-24-25(9-3,10-4)11-5/h21H,6-20H2,1-5H3/b23-21+. The molecule has 0 unspecified atom stereocenters. The molecule has 25 heavy (non-hydrogen) atoms. The first-order valence-corrected chi connectivity index (χ1v) is 13.6. The Hall–Kier alpha value is -0.503. The summed E-state index contributed by atoms with van der Waals surface area (Å²) in [6.07, 6.45) is 16.2. The third-order valence-corrected chi connectivity index (χ3v) is 10.1. The van der Waals surface area contributed by atoms with Gasteiger partial charge in [-0.25, -0.2) is 0 Å². The van der Waals surface area contributed by atoms with Crippen LogP contribution in [0.5, 0.6) is 0 Å². The lowest BCUT2D eigenvalue weighted by Gasteiger charge is -2.27. The van der Waals surface area contributed by atoms with E-state index in [1.807, 2.05) is 0 Å². The number of rotatable bonds is 17. The molecule has 0 aromatic carbocycles. The van der Waals surface area contributed by atoms with Gasteiger partial charge >= 0.3 is 0 Å². The second-order valence-corrected chi connectivity index (χ2v) is 12.4. The summed E-state index contributed by atoms with van der Waals surface area (Å²) in [5, 5.41) is 0. The molecular weight excluding hydrogens is 320 g/mol. The lowest BCUT2D eigenvalue weighted by atomic mass is 9.98. The van der Waals surface area contributed by atoms with E-state index in [1.165, 1.54) is 93.5 Å². The summed E-state index contributed by atoms with van der Waals surface area (Å²) in [6.45, 7) is 15.8. The van der Waals surface area contributed by atoms with Crippen molar-refractivity contribution < 1.29 is 4.43 Å². The molecule has 0 amide bonds. The van der Waals surface area contributed by atoms with Crippen LogP contribution in [-0.4, -0.2) is 8.32 Å². The van der Waals surface area contributed by atoms with Gasteiger partial charge in [0.15, 0.2) is 0 Å². The smallest absolute Gasteiger partial charge is 0.249 e. The molecule has 1 nitrogen and oxygen atoms in total. The Labute approximate surface area is 160 Å². The van der Waals surface area contributed by atoms with E-state index in [-0.39, 0.29) is 0 Å². The summed E-state index contributed by atoms with van der Waals surface area (Å²) in [5.74, 6) is 0. The average molecular weight is 367 g/mol. The Balaban J connectivity index is 4.67. The Bertz CT molecular complexity index is 347. The van der Waals surface area contributed by atoms with Gasteiger partial charge in [-0.1, -0.05) is 85.3 Å². The van der Waals surface area contributed by atoms with Crippen LogP contribution in [0.1, 0.15) is 105 Å². The highest BCUT2D eigenvalue weighted by Gasteiger charge is 2.29. The van der Waals surface area contributed by atoms with E-state index in [2.05, 4.69) is 47.5 Å². The zero-order chi connectivity index (χ0) is 19.0. The average Bonchev–Trinajstić information content (AvgIpc) is 2.63. The van der Waals surface area contributed by atoms with Crippen molar-refractivity contribution in [2.45, 2.75) is 123 Å². The van der Waals surface area contributed by atoms with Crippen molar-refractivity contribution in [3.8, 4) is 0 Å². The van der Waals surface area contributed by atoms with Gasteiger partial charge < -0.3 is 4.43 Å². The summed E-state index contributed by atoms with van der Waals surface area (Å²) in [4.78, 5) is 0. The Morgan fingerprint density at radius 1 is 0.760 bits per heavy atom. The van der Waals surface area contributed by atoms with E-state index in [9.17, 15) is 0 Å². The van der Waals surface area contributed by atoms with Crippen LogP contribution in [0.25, 0.3) is 0 Å². The highest BCUT2D eigenvalue weighted by Crippen LogP contribution is 2.26. The van der Waals surface area contributed by atoms with Gasteiger partial charge in [0.05, 0.1) is 6.26 Å². The van der Waals surface area contributed by atoms with Gasteiger partial charge in [-0.05, 0) is 55.8 Å². The molecule has 0 N–H and O–H groups in total. The van der Waals surface area contributed by atoms with Crippen molar-refractivity contribution in [3.63, 3.8) is 0 Å². The number of hydrogen-bond acceptors (Lipinski definition) is 1. The van der Waals surface area contributed by atoms with Crippen molar-refractivity contribution in [2.75, 3.05) is 0 Å². The molecule has 0 saturated heterocycles. The number of unbranched alkanes of at least 4 members (excludes halogenated alkanes) is 6. The predicted octanol–water partition coefficient (Wildman–Crippen LogP) is 8.78. The van der Waals surface area contributed by atoms with E-state index in [0.29, 0.717) is 0 Å². The zero-order valence-corrected chi connectivity index (χ0v) is 19.1. The first-order chi connectivity index (χ1) is 12.1. The lowest BCUT2D eigenvalue weighted by molar-refractivity contribution is 0.447. The second kappa shape index (κ2) is 15.7. The largest absolute Gasteiger partial charge is 0.549 e. The minimum absolute atomic E-state index is 1.06. The maximum atomic E-state index is 6.48. The lowest BCUT2D eigenvalue weighted by Crippen LogP contribution is -2.33. The molecule has 0 aliphatic rings. The van der Waals surface area contributed by atoms with Crippen LogP contribution in [0.4, 0.5) is 0 Å². The molecule has 0 radical (unpaired) electrons. The molecule has 0 aliphatic carbocycles. The van der Waals surface area contributed by atoms with Crippen LogP contribution in [0.3, 0.4) is 0 Å². The van der Waals surface area contributed by atoms with Crippen molar-refractivity contribution in [3.05, 3.63) is 24.0 Å². The van der Waals surface area contributed by atoms with Crippen LogP contribution >= 0.6 is 0 Å². The third-order valence-electron chi connectivity index (χ3n) is 5.62. The molecule has 0 rings (SSSR count). The summed E-state index contributed by atoms with van der Waals surface area (Å²) in [7, 11) is -1.53. The SMILES string of the molecule is C=C(CCCCCC)C/C(=C/O[Si](CC)(CC)CC)CCCCCC. The number of allylic oxidation sites excluding steroid dienone is 2. The first kappa shape index (κ1) is 24.5. The normalized spacial score (nSPS) is 12.4. The minimum atomic E-state index is -1.53. The second-order valence-electron chi connectivity index (χ2n) is 7.69. The maximum absolute atomic E-state index is 6.48. The van der Waals surface area contributed by atoms with E-state index in [4.69, 9.17) is 4.43 Å². The van der Waals surface area contributed by atoms with Crippen LogP contribution in [0.15, 0.2) is 24.0 Å². The summed E-state index contributed by atoms with van der Waals surface area (Å²) < 4.78 is 6.48. The fourth-order valence-electron chi connectivity index (χ4n) is 3.39. The van der Waals surface area contributed by atoms with E-state index < -0.39 is 8.32 Å². The molecular formula is C23H46OSi. The van der Waals surface area contributed by atoms with Gasteiger partial charge in [-0.2, -0.15) is 0 Å². The quantitative estimate of drug-likeness (QED) is 0.108. The Morgan fingerprint density at radius 2 is 1.28 bits per heavy atom. The first-order valence-electron chi connectivity index (χ1n) is 11.1. The van der Waals surface area contributed by atoms with Crippen molar-refractivity contribution in [1.82, 2.24) is 0 Å². The molecule has 0 fully saturated rings. The van der Waals surface area contributed by atoms with Crippen LogP contribution < -0.4 is 0 Å². The maximum Gasteiger partial charge on any atom is 0.249 e. The molecule has 0 heterocycles. The monoisotopic (exact) mass is 366 g/mol. The molecule has 0 aliphatic heterocycles. The summed E-state index contributed by atoms with van der Waals surface area (Å²) >= 11 is 0. The van der Waals surface area contributed by atoms with E-state index in [1.54, 1.807) is 0 Å². The highest BCUT2D eigenvalue weighted by atomic mass is 28.4. The van der Waals surface area contributed by atoms with Crippen LogP contribution in [-0.2, 0) is 4.43 Å². The summed E-state index contributed by atoms with van der Waals surface area (Å²) in [6, 6.07) is 3.66. The van der Waals surface area contributed by atoms with Gasteiger partial charge in [0.25, 0.3) is 0 Å². The fourth-order valence-corrected chi connectivity index (χ4v) is 5.80. The van der Waals surface area contributed by atoms with Crippen molar-refractivity contribution in [2.24, 2.45) is 0 Å². The third kappa shape index (κ3) is 11.7. The summed E-state index contributed by atoms with van der Waals surface area (Å²) in [5.41, 5.74) is 2.89.